The number of thiazole rings is 1. The van der Waals surface area contributed by atoms with Gasteiger partial charge in [-0.15, -0.1) is 0 Å². The number of methoxy groups -OCH3 is 1. The van der Waals surface area contributed by atoms with Crippen LogP contribution in [0.15, 0.2) is 36.4 Å². The number of nitrogens with one attached hydrogen (secondary N) is 1. The zero-order chi connectivity index (χ0) is 24.1. The van der Waals surface area contributed by atoms with Gasteiger partial charge >= 0.3 is 0 Å². The molecule has 1 fully saturated rings. The van der Waals surface area contributed by atoms with Gasteiger partial charge in [-0.3, -0.25) is 14.9 Å². The molecule has 9 heteroatoms. The van der Waals surface area contributed by atoms with E-state index in [9.17, 15) is 9.59 Å². The Balaban J connectivity index is 1.52. The molecule has 180 valence electrons. The molecule has 0 radical (unpaired) electrons. The number of anilines is 2. The van der Waals surface area contributed by atoms with Gasteiger partial charge in [-0.25, -0.2) is 4.98 Å². The smallest absolute Gasteiger partial charge is 0.257 e. The fourth-order valence-corrected chi connectivity index (χ4v) is 5.01. The van der Waals surface area contributed by atoms with Crippen molar-refractivity contribution in [1.29, 1.82) is 0 Å². The van der Waals surface area contributed by atoms with E-state index in [4.69, 9.17) is 9.47 Å². The standard InChI is InChI=1S/C25H30N4O4S/c1-4-21(30)28(5-2)16-17-6-8-18(9-7-17)24(31)27-25-26-22-20(32-3)11-10-19(23(22)34-25)29-12-14-33-15-13-29/h6-11H,4-5,12-16H2,1-3H3,(H,26,27,31). The van der Waals surface area contributed by atoms with Crippen LogP contribution < -0.4 is 15.0 Å². The molecule has 1 aliphatic heterocycles. The Kier molecular flexibility index (Phi) is 7.64. The maximum Gasteiger partial charge on any atom is 0.257 e. The van der Waals surface area contributed by atoms with E-state index in [-0.39, 0.29) is 11.8 Å². The molecule has 0 atom stereocenters. The second-order valence-corrected chi connectivity index (χ2v) is 8.99. The molecule has 1 aromatic heterocycles. The second kappa shape index (κ2) is 10.8. The first kappa shape index (κ1) is 24.0. The number of rotatable bonds is 8. The van der Waals surface area contributed by atoms with E-state index in [0.717, 1.165) is 34.6 Å². The van der Waals surface area contributed by atoms with E-state index in [1.54, 1.807) is 24.1 Å². The molecule has 0 aliphatic carbocycles. The average Bonchev–Trinajstić information content (AvgIpc) is 3.30. The van der Waals surface area contributed by atoms with Gasteiger partial charge in [0.25, 0.3) is 5.91 Å². The minimum Gasteiger partial charge on any atom is -0.494 e. The number of hydrogen-bond acceptors (Lipinski definition) is 7. The summed E-state index contributed by atoms with van der Waals surface area (Å²) < 4.78 is 12.0. The fraction of sp³-hybridized carbons (Fsp3) is 0.400. The summed E-state index contributed by atoms with van der Waals surface area (Å²) in [7, 11) is 1.62. The van der Waals surface area contributed by atoms with E-state index in [1.165, 1.54) is 11.3 Å². The van der Waals surface area contributed by atoms with Crippen molar-refractivity contribution in [2.24, 2.45) is 0 Å². The van der Waals surface area contributed by atoms with Crippen molar-refractivity contribution in [2.45, 2.75) is 26.8 Å². The number of ether oxygens (including phenoxy) is 2. The lowest BCUT2D eigenvalue weighted by molar-refractivity contribution is -0.131. The molecule has 0 bridgehead atoms. The van der Waals surface area contributed by atoms with Crippen molar-refractivity contribution < 1.29 is 19.1 Å². The lowest BCUT2D eigenvalue weighted by atomic mass is 10.1. The Morgan fingerprint density at radius 3 is 2.53 bits per heavy atom. The number of morpholine rings is 1. The summed E-state index contributed by atoms with van der Waals surface area (Å²) in [5.41, 5.74) is 3.33. The van der Waals surface area contributed by atoms with Crippen molar-refractivity contribution in [3.8, 4) is 5.75 Å². The quantitative estimate of drug-likeness (QED) is 0.519. The number of nitrogens with zero attached hydrogens (tertiary/aromatic N) is 3. The van der Waals surface area contributed by atoms with Crippen LogP contribution in [0.4, 0.5) is 10.8 Å². The molecule has 8 nitrogen and oxygen atoms in total. The summed E-state index contributed by atoms with van der Waals surface area (Å²) in [5.74, 6) is 0.566. The molecule has 3 aromatic rings. The van der Waals surface area contributed by atoms with Crippen LogP contribution in [0, 0.1) is 0 Å². The van der Waals surface area contributed by atoms with Crippen molar-refractivity contribution in [3.05, 3.63) is 47.5 Å². The van der Waals surface area contributed by atoms with Crippen LogP contribution in [-0.2, 0) is 16.1 Å². The summed E-state index contributed by atoms with van der Waals surface area (Å²) in [6.07, 6.45) is 0.481. The molecule has 34 heavy (non-hydrogen) atoms. The third-order valence-electron chi connectivity index (χ3n) is 5.90. The number of aromatic nitrogens is 1. The molecule has 1 aliphatic rings. The Bertz CT molecular complexity index is 1160. The van der Waals surface area contributed by atoms with E-state index in [0.29, 0.717) is 49.2 Å². The van der Waals surface area contributed by atoms with Gasteiger partial charge in [-0.05, 0) is 36.8 Å². The van der Waals surface area contributed by atoms with Crippen LogP contribution >= 0.6 is 11.3 Å². The van der Waals surface area contributed by atoms with Crippen LogP contribution in [-0.4, -0.2) is 61.7 Å². The lowest BCUT2D eigenvalue weighted by Crippen LogP contribution is -2.36. The Labute approximate surface area is 203 Å². The van der Waals surface area contributed by atoms with Gasteiger partial charge in [0.1, 0.15) is 11.3 Å². The second-order valence-electron chi connectivity index (χ2n) is 8.00. The van der Waals surface area contributed by atoms with Crippen molar-refractivity contribution >= 4 is 44.2 Å². The average molecular weight is 483 g/mol. The topological polar surface area (TPSA) is 84.0 Å². The molecule has 0 spiro atoms. The van der Waals surface area contributed by atoms with E-state index in [2.05, 4.69) is 15.2 Å². The molecular weight excluding hydrogens is 452 g/mol. The summed E-state index contributed by atoms with van der Waals surface area (Å²) in [5, 5.41) is 3.46. The molecule has 4 rings (SSSR count). The number of amides is 2. The molecule has 0 unspecified atom stereocenters. The number of fused-ring (bicyclic) bond motifs is 1. The Morgan fingerprint density at radius 2 is 1.88 bits per heavy atom. The molecule has 2 heterocycles. The van der Waals surface area contributed by atoms with Crippen molar-refractivity contribution in [3.63, 3.8) is 0 Å². The first-order valence-electron chi connectivity index (χ1n) is 11.5. The Hall–Kier alpha value is -3.17. The van der Waals surface area contributed by atoms with Crippen LogP contribution in [0.25, 0.3) is 10.2 Å². The highest BCUT2D eigenvalue weighted by Crippen LogP contribution is 2.39. The van der Waals surface area contributed by atoms with Crippen molar-refractivity contribution in [2.75, 3.05) is 50.2 Å². The van der Waals surface area contributed by atoms with Crippen LogP contribution in [0.3, 0.4) is 0 Å². The number of carbonyl (C=O) groups is 2. The molecular formula is C25H30N4O4S. The largest absolute Gasteiger partial charge is 0.494 e. The van der Waals surface area contributed by atoms with E-state index >= 15 is 0 Å². The molecule has 2 amide bonds. The number of carbonyl (C=O) groups excluding carboxylic acids is 2. The molecule has 1 N–H and O–H groups in total. The molecule has 0 saturated carbocycles. The van der Waals surface area contributed by atoms with Crippen LogP contribution in [0.2, 0.25) is 0 Å². The third kappa shape index (κ3) is 5.15. The molecule has 1 saturated heterocycles. The highest BCUT2D eigenvalue weighted by atomic mass is 32.1. The zero-order valence-corrected chi connectivity index (χ0v) is 20.6. The van der Waals surface area contributed by atoms with Gasteiger partial charge in [-0.1, -0.05) is 30.4 Å². The fourth-order valence-electron chi connectivity index (χ4n) is 3.99. The van der Waals surface area contributed by atoms with Crippen LogP contribution in [0.5, 0.6) is 5.75 Å². The number of hydrogen-bond donors (Lipinski definition) is 1. The SMILES string of the molecule is CCC(=O)N(CC)Cc1ccc(C(=O)Nc2nc3c(OC)ccc(N4CCOCC4)c3s2)cc1. The summed E-state index contributed by atoms with van der Waals surface area (Å²) in [6, 6.07) is 11.3. The van der Waals surface area contributed by atoms with E-state index in [1.807, 2.05) is 38.1 Å². The van der Waals surface area contributed by atoms with Gasteiger partial charge in [0.2, 0.25) is 5.91 Å². The van der Waals surface area contributed by atoms with Gasteiger partial charge < -0.3 is 19.3 Å². The highest BCUT2D eigenvalue weighted by Gasteiger charge is 2.20. The number of benzene rings is 2. The summed E-state index contributed by atoms with van der Waals surface area (Å²) in [6.45, 7) is 8.02. The zero-order valence-electron chi connectivity index (χ0n) is 19.8. The summed E-state index contributed by atoms with van der Waals surface area (Å²) >= 11 is 1.44. The Morgan fingerprint density at radius 1 is 1.15 bits per heavy atom. The predicted octanol–water partition coefficient (Wildman–Crippen LogP) is 4.15. The predicted molar refractivity (Wildman–Crippen MR) is 135 cm³/mol. The molecule has 2 aromatic carbocycles. The normalized spacial score (nSPS) is 13.7. The van der Waals surface area contributed by atoms with Gasteiger partial charge in [0, 0.05) is 38.2 Å². The third-order valence-corrected chi connectivity index (χ3v) is 6.90. The minimum atomic E-state index is -0.227. The maximum atomic E-state index is 12.9. The minimum absolute atomic E-state index is 0.118. The maximum absolute atomic E-state index is 12.9. The van der Waals surface area contributed by atoms with Crippen molar-refractivity contribution in [1.82, 2.24) is 9.88 Å². The van der Waals surface area contributed by atoms with Gasteiger partial charge in [0.15, 0.2) is 5.13 Å². The first-order chi connectivity index (χ1) is 16.5. The lowest BCUT2D eigenvalue weighted by Gasteiger charge is -2.29. The first-order valence-corrected chi connectivity index (χ1v) is 12.3. The van der Waals surface area contributed by atoms with Gasteiger partial charge in [0.05, 0.1) is 30.7 Å². The monoisotopic (exact) mass is 482 g/mol. The van der Waals surface area contributed by atoms with Gasteiger partial charge in [-0.2, -0.15) is 0 Å². The van der Waals surface area contributed by atoms with E-state index < -0.39 is 0 Å². The highest BCUT2D eigenvalue weighted by molar-refractivity contribution is 7.23. The van der Waals surface area contributed by atoms with Crippen LogP contribution in [0.1, 0.15) is 36.2 Å². The summed E-state index contributed by atoms with van der Waals surface area (Å²) in [4.78, 5) is 33.7.